The zero-order valence-corrected chi connectivity index (χ0v) is 13.2. The standard InChI is InChI=1S/C20H23NO/c1-16-7-5-6-10-18(16)15-19-12-14-21(20(19)22)13-11-17-8-3-2-4-9-17/h2-10,19H,11-15H2,1H3. The third kappa shape index (κ3) is 3.38. The zero-order valence-electron chi connectivity index (χ0n) is 13.2. The van der Waals surface area contributed by atoms with Crippen molar-refractivity contribution >= 4 is 5.91 Å². The molecule has 1 aliphatic rings. The second-order valence-electron chi connectivity index (χ2n) is 6.18. The first-order valence-electron chi connectivity index (χ1n) is 8.11. The number of aryl methyl sites for hydroxylation is 1. The summed E-state index contributed by atoms with van der Waals surface area (Å²) in [5.41, 5.74) is 3.90. The topological polar surface area (TPSA) is 20.3 Å². The highest BCUT2D eigenvalue weighted by atomic mass is 16.2. The summed E-state index contributed by atoms with van der Waals surface area (Å²) in [6, 6.07) is 18.8. The lowest BCUT2D eigenvalue weighted by atomic mass is 9.95. The van der Waals surface area contributed by atoms with Crippen LogP contribution in [-0.4, -0.2) is 23.9 Å². The van der Waals surface area contributed by atoms with Gasteiger partial charge in [0.05, 0.1) is 0 Å². The van der Waals surface area contributed by atoms with Crippen molar-refractivity contribution in [2.75, 3.05) is 13.1 Å². The van der Waals surface area contributed by atoms with Gasteiger partial charge in [0.1, 0.15) is 0 Å². The van der Waals surface area contributed by atoms with Crippen LogP contribution in [0.1, 0.15) is 23.1 Å². The molecule has 1 amide bonds. The Bertz CT molecular complexity index is 635. The Labute approximate surface area is 132 Å². The monoisotopic (exact) mass is 293 g/mol. The summed E-state index contributed by atoms with van der Waals surface area (Å²) >= 11 is 0. The molecule has 0 saturated carbocycles. The van der Waals surface area contributed by atoms with Gasteiger partial charge in [-0.05, 0) is 42.9 Å². The van der Waals surface area contributed by atoms with Gasteiger partial charge in [-0.15, -0.1) is 0 Å². The molecule has 2 nitrogen and oxygen atoms in total. The van der Waals surface area contributed by atoms with Crippen LogP contribution in [0, 0.1) is 12.8 Å². The number of hydrogen-bond acceptors (Lipinski definition) is 1. The Morgan fingerprint density at radius 1 is 1.05 bits per heavy atom. The van der Waals surface area contributed by atoms with E-state index < -0.39 is 0 Å². The lowest BCUT2D eigenvalue weighted by Crippen LogP contribution is -2.30. The molecule has 3 rings (SSSR count). The molecule has 1 aliphatic heterocycles. The predicted octanol–water partition coefficient (Wildman–Crippen LogP) is 3.63. The van der Waals surface area contributed by atoms with Crippen LogP contribution >= 0.6 is 0 Å². The highest BCUT2D eigenvalue weighted by Crippen LogP contribution is 2.24. The fourth-order valence-electron chi connectivity index (χ4n) is 3.23. The van der Waals surface area contributed by atoms with E-state index in [9.17, 15) is 4.79 Å². The third-order valence-electron chi connectivity index (χ3n) is 4.65. The summed E-state index contributed by atoms with van der Waals surface area (Å²) in [6.45, 7) is 3.87. The molecule has 22 heavy (non-hydrogen) atoms. The Morgan fingerprint density at radius 3 is 2.55 bits per heavy atom. The Morgan fingerprint density at radius 2 is 1.77 bits per heavy atom. The number of carbonyl (C=O) groups excluding carboxylic acids is 1. The first-order chi connectivity index (χ1) is 10.7. The molecule has 0 aromatic heterocycles. The number of hydrogen-bond donors (Lipinski definition) is 0. The fourth-order valence-corrected chi connectivity index (χ4v) is 3.23. The summed E-state index contributed by atoms with van der Waals surface area (Å²) in [7, 11) is 0. The molecule has 0 radical (unpaired) electrons. The SMILES string of the molecule is Cc1ccccc1CC1CCN(CCc2ccccc2)C1=O. The number of rotatable bonds is 5. The molecular weight excluding hydrogens is 270 g/mol. The van der Waals surface area contributed by atoms with E-state index in [4.69, 9.17) is 0 Å². The van der Waals surface area contributed by atoms with Crippen LogP contribution in [0.5, 0.6) is 0 Å². The maximum absolute atomic E-state index is 12.6. The Kier molecular flexibility index (Phi) is 4.57. The van der Waals surface area contributed by atoms with Gasteiger partial charge in [-0.1, -0.05) is 54.6 Å². The van der Waals surface area contributed by atoms with Crippen molar-refractivity contribution in [1.29, 1.82) is 0 Å². The first kappa shape index (κ1) is 14.8. The van der Waals surface area contributed by atoms with Crippen molar-refractivity contribution in [2.45, 2.75) is 26.2 Å². The molecule has 1 saturated heterocycles. The molecule has 1 heterocycles. The van der Waals surface area contributed by atoms with Crippen LogP contribution < -0.4 is 0 Å². The fraction of sp³-hybridized carbons (Fsp3) is 0.350. The lowest BCUT2D eigenvalue weighted by Gasteiger charge is -2.17. The maximum atomic E-state index is 12.6. The second-order valence-corrected chi connectivity index (χ2v) is 6.18. The number of likely N-dealkylation sites (tertiary alicyclic amines) is 1. The van der Waals surface area contributed by atoms with Crippen molar-refractivity contribution < 1.29 is 4.79 Å². The molecule has 114 valence electrons. The van der Waals surface area contributed by atoms with Gasteiger partial charge in [0.25, 0.3) is 0 Å². The molecule has 2 aromatic carbocycles. The van der Waals surface area contributed by atoms with Gasteiger partial charge in [0.2, 0.25) is 5.91 Å². The van der Waals surface area contributed by atoms with E-state index in [1.54, 1.807) is 0 Å². The van der Waals surface area contributed by atoms with E-state index >= 15 is 0 Å². The predicted molar refractivity (Wildman–Crippen MR) is 89.7 cm³/mol. The average Bonchev–Trinajstić information content (AvgIpc) is 2.89. The van der Waals surface area contributed by atoms with Gasteiger partial charge in [-0.25, -0.2) is 0 Å². The van der Waals surface area contributed by atoms with Gasteiger partial charge in [0, 0.05) is 19.0 Å². The number of nitrogens with zero attached hydrogens (tertiary/aromatic N) is 1. The van der Waals surface area contributed by atoms with Gasteiger partial charge in [-0.3, -0.25) is 4.79 Å². The van der Waals surface area contributed by atoms with E-state index in [0.717, 1.165) is 32.4 Å². The second kappa shape index (κ2) is 6.78. The molecule has 0 aliphatic carbocycles. The summed E-state index contributed by atoms with van der Waals surface area (Å²) in [4.78, 5) is 14.6. The zero-order chi connectivity index (χ0) is 15.4. The van der Waals surface area contributed by atoms with Gasteiger partial charge >= 0.3 is 0 Å². The van der Waals surface area contributed by atoms with E-state index in [2.05, 4.69) is 55.5 Å². The summed E-state index contributed by atoms with van der Waals surface area (Å²) in [6.07, 6.45) is 2.82. The van der Waals surface area contributed by atoms with Crippen LogP contribution in [0.3, 0.4) is 0 Å². The highest BCUT2D eigenvalue weighted by Gasteiger charge is 2.31. The minimum atomic E-state index is 0.164. The van der Waals surface area contributed by atoms with E-state index in [0.29, 0.717) is 5.91 Å². The Balaban J connectivity index is 1.57. The largest absolute Gasteiger partial charge is 0.342 e. The maximum Gasteiger partial charge on any atom is 0.226 e. The van der Waals surface area contributed by atoms with Crippen molar-refractivity contribution in [3.8, 4) is 0 Å². The van der Waals surface area contributed by atoms with Gasteiger partial charge in [-0.2, -0.15) is 0 Å². The Hall–Kier alpha value is -2.09. The van der Waals surface area contributed by atoms with Crippen molar-refractivity contribution in [2.24, 2.45) is 5.92 Å². The normalized spacial score (nSPS) is 18.0. The van der Waals surface area contributed by atoms with Gasteiger partial charge < -0.3 is 4.90 Å². The highest BCUT2D eigenvalue weighted by molar-refractivity contribution is 5.81. The molecule has 2 heteroatoms. The molecule has 0 bridgehead atoms. The van der Waals surface area contributed by atoms with Gasteiger partial charge in [0.15, 0.2) is 0 Å². The van der Waals surface area contributed by atoms with Crippen molar-refractivity contribution in [3.63, 3.8) is 0 Å². The van der Waals surface area contributed by atoms with Crippen LogP contribution in [0.4, 0.5) is 0 Å². The van der Waals surface area contributed by atoms with Crippen molar-refractivity contribution in [1.82, 2.24) is 4.90 Å². The minimum Gasteiger partial charge on any atom is -0.342 e. The average molecular weight is 293 g/mol. The molecule has 1 fully saturated rings. The summed E-state index contributed by atoms with van der Waals surface area (Å²) in [5.74, 6) is 0.496. The smallest absolute Gasteiger partial charge is 0.226 e. The van der Waals surface area contributed by atoms with E-state index in [-0.39, 0.29) is 5.92 Å². The van der Waals surface area contributed by atoms with Crippen LogP contribution in [-0.2, 0) is 17.6 Å². The van der Waals surface area contributed by atoms with E-state index in [1.807, 2.05) is 11.0 Å². The van der Waals surface area contributed by atoms with Crippen LogP contribution in [0.2, 0.25) is 0 Å². The molecule has 0 N–H and O–H groups in total. The molecule has 1 atom stereocenters. The van der Waals surface area contributed by atoms with Crippen LogP contribution in [0.15, 0.2) is 54.6 Å². The first-order valence-corrected chi connectivity index (χ1v) is 8.11. The number of amides is 1. The minimum absolute atomic E-state index is 0.164. The molecular formula is C20H23NO. The van der Waals surface area contributed by atoms with Crippen LogP contribution in [0.25, 0.3) is 0 Å². The third-order valence-corrected chi connectivity index (χ3v) is 4.65. The molecule has 1 unspecified atom stereocenters. The quantitative estimate of drug-likeness (QED) is 0.824. The molecule has 0 spiro atoms. The number of benzene rings is 2. The van der Waals surface area contributed by atoms with E-state index in [1.165, 1.54) is 16.7 Å². The van der Waals surface area contributed by atoms with Crippen molar-refractivity contribution in [3.05, 3.63) is 71.3 Å². The molecule has 2 aromatic rings. The number of carbonyl (C=O) groups is 1. The summed E-state index contributed by atoms with van der Waals surface area (Å²) in [5, 5.41) is 0. The summed E-state index contributed by atoms with van der Waals surface area (Å²) < 4.78 is 0. The lowest BCUT2D eigenvalue weighted by molar-refractivity contribution is -0.130.